The van der Waals surface area contributed by atoms with E-state index in [1.807, 2.05) is 12.1 Å². The maximum atomic E-state index is 12.2. The second kappa shape index (κ2) is 3.55. The summed E-state index contributed by atoms with van der Waals surface area (Å²) in [7, 11) is 1.74. The van der Waals surface area contributed by atoms with E-state index in [9.17, 15) is 4.79 Å². The van der Waals surface area contributed by atoms with Crippen molar-refractivity contribution in [3.05, 3.63) is 53.3 Å². The molecule has 0 radical (unpaired) electrons. The fourth-order valence-corrected chi connectivity index (χ4v) is 1.89. The van der Waals surface area contributed by atoms with E-state index < -0.39 is 0 Å². The lowest BCUT2D eigenvalue weighted by atomic mass is 10.4. The molecule has 0 aliphatic carbocycles. The quantitative estimate of drug-likeness (QED) is 0.624. The normalized spacial score (nSPS) is 10.9. The monoisotopic (exact) mass is 226 g/mol. The van der Waals surface area contributed by atoms with E-state index in [0.29, 0.717) is 5.65 Å². The van der Waals surface area contributed by atoms with Crippen molar-refractivity contribution in [3.8, 4) is 5.69 Å². The lowest BCUT2D eigenvalue weighted by Crippen LogP contribution is -2.20. The number of fused-ring (bicyclic) bond motifs is 1. The SMILES string of the molecule is Cn1c(=O)n(-c2ccncc2)c2ncccc21. The van der Waals surface area contributed by atoms with Crippen LogP contribution in [0.2, 0.25) is 0 Å². The van der Waals surface area contributed by atoms with Gasteiger partial charge in [-0.1, -0.05) is 0 Å². The van der Waals surface area contributed by atoms with E-state index in [1.165, 1.54) is 0 Å². The number of aryl methyl sites for hydroxylation is 1. The van der Waals surface area contributed by atoms with Crippen LogP contribution in [0, 0.1) is 0 Å². The van der Waals surface area contributed by atoms with Crippen LogP contribution in [0.15, 0.2) is 47.7 Å². The molecule has 0 unspecified atom stereocenters. The maximum absolute atomic E-state index is 12.2. The predicted octanol–water partition coefficient (Wildman–Crippen LogP) is 1.12. The molecule has 3 heterocycles. The Balaban J connectivity index is 2.45. The second-order valence-corrected chi connectivity index (χ2v) is 3.73. The summed E-state index contributed by atoms with van der Waals surface area (Å²) in [6.07, 6.45) is 4.99. The minimum Gasteiger partial charge on any atom is -0.293 e. The van der Waals surface area contributed by atoms with Gasteiger partial charge in [-0.25, -0.2) is 14.3 Å². The van der Waals surface area contributed by atoms with Gasteiger partial charge in [-0.15, -0.1) is 0 Å². The first-order valence-electron chi connectivity index (χ1n) is 5.22. The summed E-state index contributed by atoms with van der Waals surface area (Å²) in [4.78, 5) is 20.4. The Morgan fingerprint density at radius 2 is 1.88 bits per heavy atom. The number of hydrogen-bond acceptors (Lipinski definition) is 3. The predicted molar refractivity (Wildman–Crippen MR) is 64.1 cm³/mol. The zero-order valence-electron chi connectivity index (χ0n) is 9.24. The van der Waals surface area contributed by atoms with Gasteiger partial charge >= 0.3 is 5.69 Å². The van der Waals surface area contributed by atoms with Crippen LogP contribution in [-0.2, 0) is 7.05 Å². The first kappa shape index (κ1) is 9.77. The third-order valence-electron chi connectivity index (χ3n) is 2.74. The molecule has 0 aliphatic heterocycles. The standard InChI is InChI=1S/C12H10N4O/c1-15-10-3-2-6-14-11(10)16(12(15)17)9-4-7-13-8-5-9/h2-8H,1H3. The average Bonchev–Trinajstić information content (AvgIpc) is 2.64. The Hall–Kier alpha value is -2.43. The van der Waals surface area contributed by atoms with E-state index in [-0.39, 0.29) is 5.69 Å². The van der Waals surface area contributed by atoms with E-state index in [0.717, 1.165) is 11.2 Å². The fourth-order valence-electron chi connectivity index (χ4n) is 1.89. The van der Waals surface area contributed by atoms with E-state index in [2.05, 4.69) is 9.97 Å². The zero-order valence-corrected chi connectivity index (χ0v) is 9.24. The van der Waals surface area contributed by atoms with E-state index >= 15 is 0 Å². The molecule has 0 atom stereocenters. The van der Waals surface area contributed by atoms with Crippen molar-refractivity contribution in [2.45, 2.75) is 0 Å². The van der Waals surface area contributed by atoms with Crippen LogP contribution in [0.3, 0.4) is 0 Å². The van der Waals surface area contributed by atoms with Crippen molar-refractivity contribution in [1.29, 1.82) is 0 Å². The van der Waals surface area contributed by atoms with Crippen molar-refractivity contribution >= 4 is 11.2 Å². The van der Waals surface area contributed by atoms with Crippen molar-refractivity contribution in [3.63, 3.8) is 0 Å². The number of imidazole rings is 1. The highest BCUT2D eigenvalue weighted by Gasteiger charge is 2.12. The highest BCUT2D eigenvalue weighted by atomic mass is 16.1. The number of rotatable bonds is 1. The van der Waals surface area contributed by atoms with Gasteiger partial charge in [0.25, 0.3) is 0 Å². The van der Waals surface area contributed by atoms with Crippen LogP contribution in [0.4, 0.5) is 0 Å². The molecule has 5 heteroatoms. The van der Waals surface area contributed by atoms with Gasteiger partial charge in [-0.3, -0.25) is 9.55 Å². The van der Waals surface area contributed by atoms with Crippen LogP contribution < -0.4 is 5.69 Å². The van der Waals surface area contributed by atoms with Crippen LogP contribution in [0.5, 0.6) is 0 Å². The third-order valence-corrected chi connectivity index (χ3v) is 2.74. The van der Waals surface area contributed by atoms with Crippen LogP contribution >= 0.6 is 0 Å². The summed E-state index contributed by atoms with van der Waals surface area (Å²) in [5.41, 5.74) is 2.14. The van der Waals surface area contributed by atoms with Crippen molar-refractivity contribution in [2.24, 2.45) is 7.05 Å². The molecule has 0 aliphatic rings. The molecule has 0 amide bonds. The molecule has 3 aromatic rings. The second-order valence-electron chi connectivity index (χ2n) is 3.73. The van der Waals surface area contributed by atoms with Gasteiger partial charge < -0.3 is 0 Å². The van der Waals surface area contributed by atoms with Gasteiger partial charge in [0, 0.05) is 25.6 Å². The molecule has 84 valence electrons. The lowest BCUT2D eigenvalue weighted by molar-refractivity contribution is 0.844. The van der Waals surface area contributed by atoms with Gasteiger partial charge in [-0.2, -0.15) is 0 Å². The highest BCUT2D eigenvalue weighted by Crippen LogP contribution is 2.13. The third kappa shape index (κ3) is 1.36. The zero-order chi connectivity index (χ0) is 11.8. The minimum absolute atomic E-state index is 0.107. The Labute approximate surface area is 97.0 Å². The number of nitrogens with zero attached hydrogens (tertiary/aromatic N) is 4. The molecule has 0 N–H and O–H groups in total. The van der Waals surface area contributed by atoms with E-state index in [4.69, 9.17) is 0 Å². The smallest absolute Gasteiger partial charge is 0.293 e. The van der Waals surface area contributed by atoms with Crippen LogP contribution in [0.25, 0.3) is 16.9 Å². The number of hydrogen-bond donors (Lipinski definition) is 0. The minimum atomic E-state index is -0.107. The summed E-state index contributed by atoms with van der Waals surface area (Å²) >= 11 is 0. The van der Waals surface area contributed by atoms with Crippen molar-refractivity contribution in [1.82, 2.24) is 19.1 Å². The van der Waals surface area contributed by atoms with Crippen LogP contribution in [0.1, 0.15) is 0 Å². The highest BCUT2D eigenvalue weighted by molar-refractivity contribution is 5.73. The van der Waals surface area contributed by atoms with Crippen molar-refractivity contribution < 1.29 is 0 Å². The molecular weight excluding hydrogens is 216 g/mol. The molecule has 0 aromatic carbocycles. The molecule has 0 spiro atoms. The molecule has 0 saturated heterocycles. The average molecular weight is 226 g/mol. The lowest BCUT2D eigenvalue weighted by Gasteiger charge is -2.00. The number of pyridine rings is 2. The Bertz CT molecular complexity index is 727. The summed E-state index contributed by atoms with van der Waals surface area (Å²) in [5, 5.41) is 0. The summed E-state index contributed by atoms with van der Waals surface area (Å²) in [6, 6.07) is 7.27. The summed E-state index contributed by atoms with van der Waals surface area (Å²) < 4.78 is 3.17. The first-order chi connectivity index (χ1) is 8.29. The van der Waals surface area contributed by atoms with Gasteiger partial charge in [0.1, 0.15) is 0 Å². The van der Waals surface area contributed by atoms with Gasteiger partial charge in [0.15, 0.2) is 5.65 Å². The molecule has 17 heavy (non-hydrogen) atoms. The summed E-state index contributed by atoms with van der Waals surface area (Å²) in [6.45, 7) is 0. The largest absolute Gasteiger partial charge is 0.334 e. The van der Waals surface area contributed by atoms with Crippen LogP contribution in [-0.4, -0.2) is 19.1 Å². The molecule has 5 nitrogen and oxygen atoms in total. The van der Waals surface area contributed by atoms with Gasteiger partial charge in [-0.05, 0) is 24.3 Å². The Morgan fingerprint density at radius 3 is 2.65 bits per heavy atom. The fraction of sp³-hybridized carbons (Fsp3) is 0.0833. The van der Waals surface area contributed by atoms with Gasteiger partial charge in [0.2, 0.25) is 0 Å². The molecule has 3 rings (SSSR count). The molecule has 3 aromatic heterocycles. The molecular formula is C12H10N4O. The maximum Gasteiger partial charge on any atom is 0.334 e. The Kier molecular flexibility index (Phi) is 2.04. The molecule has 0 saturated carbocycles. The van der Waals surface area contributed by atoms with Crippen molar-refractivity contribution in [2.75, 3.05) is 0 Å². The number of aromatic nitrogens is 4. The van der Waals surface area contributed by atoms with Gasteiger partial charge in [0.05, 0.1) is 11.2 Å². The topological polar surface area (TPSA) is 52.7 Å². The van der Waals surface area contributed by atoms with E-state index in [1.54, 1.807) is 46.9 Å². The molecule has 0 fully saturated rings. The first-order valence-corrected chi connectivity index (χ1v) is 5.22. The Morgan fingerprint density at radius 1 is 1.12 bits per heavy atom. The molecule has 0 bridgehead atoms. The summed E-state index contributed by atoms with van der Waals surface area (Å²) in [5.74, 6) is 0.